The van der Waals surface area contributed by atoms with E-state index in [0.717, 1.165) is 24.1 Å². The Morgan fingerprint density at radius 3 is 2.89 bits per heavy atom. The summed E-state index contributed by atoms with van der Waals surface area (Å²) >= 11 is 0. The van der Waals surface area contributed by atoms with Gasteiger partial charge < -0.3 is 5.73 Å². The molecule has 0 saturated heterocycles. The van der Waals surface area contributed by atoms with Crippen LogP contribution in [0.5, 0.6) is 0 Å². The first-order valence-corrected chi connectivity index (χ1v) is 7.31. The zero-order valence-electron chi connectivity index (χ0n) is 11.6. The molecule has 0 aliphatic heterocycles. The van der Waals surface area contributed by atoms with Gasteiger partial charge >= 0.3 is 0 Å². The van der Waals surface area contributed by atoms with Crippen molar-refractivity contribution in [3.63, 3.8) is 0 Å². The molecule has 19 heavy (non-hydrogen) atoms. The van der Waals surface area contributed by atoms with Crippen molar-refractivity contribution in [3.8, 4) is 0 Å². The molecule has 2 nitrogen and oxygen atoms in total. The standard InChI is InChI=1S/C17H22N2/c1-13-6-4-5-11-17(13,18)12-15-10-9-14-7-2-3-8-16(14)19-15/h2-3,7-10,13H,4-6,11-12,18H2,1H3. The minimum atomic E-state index is -0.0618. The van der Waals surface area contributed by atoms with E-state index in [1.54, 1.807) is 0 Å². The van der Waals surface area contributed by atoms with E-state index in [9.17, 15) is 0 Å². The Morgan fingerprint density at radius 2 is 2.05 bits per heavy atom. The van der Waals surface area contributed by atoms with Gasteiger partial charge in [0, 0.05) is 23.0 Å². The fourth-order valence-corrected chi connectivity index (χ4v) is 3.25. The quantitative estimate of drug-likeness (QED) is 0.887. The lowest BCUT2D eigenvalue weighted by Crippen LogP contribution is -2.50. The van der Waals surface area contributed by atoms with Crippen LogP contribution in [0, 0.1) is 5.92 Å². The second kappa shape index (κ2) is 4.93. The van der Waals surface area contributed by atoms with Crippen LogP contribution in [-0.4, -0.2) is 10.5 Å². The number of nitrogens with zero attached hydrogens (tertiary/aromatic N) is 1. The number of hydrogen-bond acceptors (Lipinski definition) is 2. The summed E-state index contributed by atoms with van der Waals surface area (Å²) in [6, 6.07) is 12.6. The van der Waals surface area contributed by atoms with E-state index in [0.29, 0.717) is 5.92 Å². The maximum absolute atomic E-state index is 6.64. The van der Waals surface area contributed by atoms with Crippen LogP contribution in [0.2, 0.25) is 0 Å². The van der Waals surface area contributed by atoms with Crippen LogP contribution in [0.4, 0.5) is 0 Å². The van der Waals surface area contributed by atoms with Crippen LogP contribution in [0.3, 0.4) is 0 Å². The minimum absolute atomic E-state index is 0.0618. The highest BCUT2D eigenvalue weighted by atomic mass is 14.8. The van der Waals surface area contributed by atoms with Crippen molar-refractivity contribution in [1.29, 1.82) is 0 Å². The maximum atomic E-state index is 6.64. The number of nitrogens with two attached hydrogens (primary N) is 1. The Morgan fingerprint density at radius 1 is 1.21 bits per heavy atom. The van der Waals surface area contributed by atoms with Crippen LogP contribution in [0.15, 0.2) is 36.4 Å². The highest BCUT2D eigenvalue weighted by Crippen LogP contribution is 2.34. The summed E-state index contributed by atoms with van der Waals surface area (Å²) in [5, 5.41) is 1.20. The van der Waals surface area contributed by atoms with Gasteiger partial charge in [-0.1, -0.05) is 44.0 Å². The van der Waals surface area contributed by atoms with Gasteiger partial charge in [0.05, 0.1) is 5.52 Å². The second-order valence-electron chi connectivity index (χ2n) is 6.05. The summed E-state index contributed by atoms with van der Waals surface area (Å²) in [7, 11) is 0. The van der Waals surface area contributed by atoms with Crippen molar-refractivity contribution in [2.24, 2.45) is 11.7 Å². The van der Waals surface area contributed by atoms with Crippen molar-refractivity contribution in [2.45, 2.75) is 44.6 Å². The van der Waals surface area contributed by atoms with E-state index in [2.05, 4.69) is 37.3 Å². The first kappa shape index (κ1) is 12.6. The third kappa shape index (κ3) is 2.50. The van der Waals surface area contributed by atoms with E-state index < -0.39 is 0 Å². The minimum Gasteiger partial charge on any atom is -0.325 e. The third-order valence-corrected chi connectivity index (χ3v) is 4.68. The number of pyridine rings is 1. The van der Waals surface area contributed by atoms with Gasteiger partial charge in [0.15, 0.2) is 0 Å². The van der Waals surface area contributed by atoms with Crippen molar-refractivity contribution < 1.29 is 0 Å². The molecule has 1 aliphatic carbocycles. The number of rotatable bonds is 2. The molecular weight excluding hydrogens is 232 g/mol. The third-order valence-electron chi connectivity index (χ3n) is 4.68. The van der Waals surface area contributed by atoms with Crippen molar-refractivity contribution in [3.05, 3.63) is 42.1 Å². The number of fused-ring (bicyclic) bond motifs is 1. The van der Waals surface area contributed by atoms with Crippen molar-refractivity contribution >= 4 is 10.9 Å². The first-order chi connectivity index (χ1) is 9.17. The molecular formula is C17H22N2. The molecule has 1 heterocycles. The van der Waals surface area contributed by atoms with Gasteiger partial charge in [-0.3, -0.25) is 4.98 Å². The topological polar surface area (TPSA) is 38.9 Å². The monoisotopic (exact) mass is 254 g/mol. The molecule has 2 heteroatoms. The molecule has 2 atom stereocenters. The zero-order chi connectivity index (χ0) is 13.3. The predicted molar refractivity (Wildman–Crippen MR) is 80.0 cm³/mol. The van der Waals surface area contributed by atoms with Crippen LogP contribution in [-0.2, 0) is 6.42 Å². The van der Waals surface area contributed by atoms with Gasteiger partial charge in [-0.05, 0) is 30.9 Å². The van der Waals surface area contributed by atoms with Crippen LogP contribution in [0.1, 0.15) is 38.3 Å². The lowest BCUT2D eigenvalue weighted by atomic mass is 9.72. The molecule has 0 amide bonds. The molecule has 100 valence electrons. The zero-order valence-corrected chi connectivity index (χ0v) is 11.6. The lowest BCUT2D eigenvalue weighted by molar-refractivity contribution is 0.202. The highest BCUT2D eigenvalue weighted by Gasteiger charge is 2.34. The number of hydrogen-bond donors (Lipinski definition) is 1. The Labute approximate surface area is 115 Å². The van der Waals surface area contributed by atoms with Gasteiger partial charge in [-0.15, -0.1) is 0 Å². The Hall–Kier alpha value is -1.41. The van der Waals surface area contributed by atoms with E-state index in [1.807, 2.05) is 6.07 Å². The summed E-state index contributed by atoms with van der Waals surface area (Å²) < 4.78 is 0. The van der Waals surface area contributed by atoms with E-state index in [-0.39, 0.29) is 5.54 Å². The van der Waals surface area contributed by atoms with Gasteiger partial charge in [0.2, 0.25) is 0 Å². The molecule has 0 spiro atoms. The summed E-state index contributed by atoms with van der Waals surface area (Å²) in [5.41, 5.74) is 8.79. The summed E-state index contributed by atoms with van der Waals surface area (Å²) in [6.07, 6.45) is 5.87. The largest absolute Gasteiger partial charge is 0.325 e. The van der Waals surface area contributed by atoms with Crippen LogP contribution in [0.25, 0.3) is 10.9 Å². The van der Waals surface area contributed by atoms with Gasteiger partial charge in [-0.25, -0.2) is 0 Å². The summed E-state index contributed by atoms with van der Waals surface area (Å²) in [4.78, 5) is 4.77. The lowest BCUT2D eigenvalue weighted by Gasteiger charge is -2.39. The van der Waals surface area contributed by atoms with Crippen LogP contribution >= 0.6 is 0 Å². The summed E-state index contributed by atoms with van der Waals surface area (Å²) in [5.74, 6) is 0.592. The Bertz CT molecular complexity index is 578. The fourth-order valence-electron chi connectivity index (χ4n) is 3.25. The molecule has 1 aliphatic rings. The molecule has 3 rings (SSSR count). The highest BCUT2D eigenvalue weighted by molar-refractivity contribution is 5.78. The molecule has 2 N–H and O–H groups in total. The van der Waals surface area contributed by atoms with E-state index in [1.165, 1.54) is 24.6 Å². The number of benzene rings is 1. The molecule has 0 radical (unpaired) electrons. The van der Waals surface area contributed by atoms with Crippen molar-refractivity contribution in [2.75, 3.05) is 0 Å². The molecule has 0 bridgehead atoms. The van der Waals surface area contributed by atoms with Crippen molar-refractivity contribution in [1.82, 2.24) is 4.98 Å². The summed E-state index contributed by atoms with van der Waals surface area (Å²) in [6.45, 7) is 2.29. The predicted octanol–water partition coefficient (Wildman–Crippen LogP) is 3.68. The van der Waals surface area contributed by atoms with E-state index >= 15 is 0 Å². The SMILES string of the molecule is CC1CCCCC1(N)Cc1ccc2ccccc2n1. The number of para-hydroxylation sites is 1. The normalized spacial score (nSPS) is 27.6. The van der Waals surface area contributed by atoms with Crippen LogP contribution < -0.4 is 5.73 Å². The Kier molecular flexibility index (Phi) is 3.28. The smallest absolute Gasteiger partial charge is 0.0705 e. The van der Waals surface area contributed by atoms with Gasteiger partial charge in [-0.2, -0.15) is 0 Å². The average molecular weight is 254 g/mol. The molecule has 1 saturated carbocycles. The fraction of sp³-hybridized carbons (Fsp3) is 0.471. The molecule has 1 aromatic heterocycles. The second-order valence-corrected chi connectivity index (χ2v) is 6.05. The molecule has 1 aromatic carbocycles. The first-order valence-electron chi connectivity index (χ1n) is 7.31. The molecule has 2 aromatic rings. The molecule has 1 fully saturated rings. The molecule has 2 unspecified atom stereocenters. The van der Waals surface area contributed by atoms with Gasteiger partial charge in [0.25, 0.3) is 0 Å². The van der Waals surface area contributed by atoms with Gasteiger partial charge in [0.1, 0.15) is 0 Å². The maximum Gasteiger partial charge on any atom is 0.0705 e. The van der Waals surface area contributed by atoms with E-state index in [4.69, 9.17) is 10.7 Å². The Balaban J connectivity index is 1.88. The average Bonchev–Trinajstić information content (AvgIpc) is 2.42. The number of aromatic nitrogens is 1.